The lowest BCUT2D eigenvalue weighted by Crippen LogP contribution is -2.54. The van der Waals surface area contributed by atoms with E-state index in [9.17, 15) is 0 Å². The number of hydrogen-bond acceptors (Lipinski definition) is 3. The summed E-state index contributed by atoms with van der Waals surface area (Å²) in [5.41, 5.74) is 1.32. The minimum absolute atomic E-state index is 0. The zero-order chi connectivity index (χ0) is 12.4. The average Bonchev–Trinajstić information content (AvgIpc) is 2.72. The molecule has 0 spiro atoms. The van der Waals surface area contributed by atoms with E-state index in [1.807, 2.05) is 6.20 Å². The number of rotatable bonds is 3. The Balaban J connectivity index is 0.00000162. The molecule has 0 bridgehead atoms. The van der Waals surface area contributed by atoms with Gasteiger partial charge in [-0.2, -0.15) is 5.10 Å². The van der Waals surface area contributed by atoms with E-state index in [1.54, 1.807) is 0 Å². The van der Waals surface area contributed by atoms with E-state index in [2.05, 4.69) is 53.8 Å². The lowest BCUT2D eigenvalue weighted by Gasteiger charge is -2.39. The molecular weight excluding hydrogens is 248 g/mol. The van der Waals surface area contributed by atoms with Gasteiger partial charge in [-0.05, 0) is 33.8 Å². The van der Waals surface area contributed by atoms with Crippen LogP contribution in [-0.2, 0) is 6.54 Å². The molecule has 4 nitrogen and oxygen atoms in total. The molecule has 1 N–H and O–H groups in total. The molecule has 1 saturated heterocycles. The van der Waals surface area contributed by atoms with Crippen molar-refractivity contribution in [3.8, 4) is 0 Å². The van der Waals surface area contributed by atoms with Gasteiger partial charge in [-0.25, -0.2) is 0 Å². The van der Waals surface area contributed by atoms with Crippen molar-refractivity contribution in [2.75, 3.05) is 13.1 Å². The Morgan fingerprint density at radius 2 is 1.94 bits per heavy atom. The SMILES string of the molecule is CC(C)n1nccc1CN1[C@H](C)CNC[C@@H]1C.Cl. The fourth-order valence-electron chi connectivity index (χ4n) is 2.60. The second-order valence-corrected chi connectivity index (χ2v) is 5.39. The third-order valence-electron chi connectivity index (χ3n) is 3.60. The standard InChI is InChI=1S/C13H24N4.ClH/c1-10(2)17-13(5-6-15-17)9-16-11(3)7-14-8-12(16)4;/h5-6,10-12,14H,7-9H2,1-4H3;1H/t11-,12+;. The molecule has 1 aliphatic heterocycles. The number of hydrogen-bond donors (Lipinski definition) is 1. The largest absolute Gasteiger partial charge is 0.314 e. The molecule has 5 heteroatoms. The van der Waals surface area contributed by atoms with Crippen molar-refractivity contribution in [2.45, 2.75) is 52.4 Å². The van der Waals surface area contributed by atoms with Gasteiger partial charge in [-0.3, -0.25) is 9.58 Å². The topological polar surface area (TPSA) is 33.1 Å². The summed E-state index contributed by atoms with van der Waals surface area (Å²) in [7, 11) is 0. The first-order valence-electron chi connectivity index (χ1n) is 6.58. The Bertz CT molecular complexity index is 354. The summed E-state index contributed by atoms with van der Waals surface area (Å²) >= 11 is 0. The predicted octanol–water partition coefficient (Wildman–Crippen LogP) is 2.07. The van der Waals surface area contributed by atoms with Gasteiger partial charge in [0.2, 0.25) is 0 Å². The monoisotopic (exact) mass is 272 g/mol. The third-order valence-corrected chi connectivity index (χ3v) is 3.60. The van der Waals surface area contributed by atoms with Crippen molar-refractivity contribution in [3.63, 3.8) is 0 Å². The fourth-order valence-corrected chi connectivity index (χ4v) is 2.60. The maximum atomic E-state index is 4.41. The molecule has 1 fully saturated rings. The molecule has 0 aromatic carbocycles. The minimum Gasteiger partial charge on any atom is -0.314 e. The molecular formula is C13H25ClN4. The van der Waals surface area contributed by atoms with Crippen LogP contribution in [0.15, 0.2) is 12.3 Å². The maximum Gasteiger partial charge on any atom is 0.0527 e. The summed E-state index contributed by atoms with van der Waals surface area (Å²) in [4.78, 5) is 2.56. The Hall–Kier alpha value is -0.580. The number of nitrogens with zero attached hydrogens (tertiary/aromatic N) is 3. The second kappa shape index (κ2) is 6.55. The first-order valence-corrected chi connectivity index (χ1v) is 6.58. The summed E-state index contributed by atoms with van der Waals surface area (Å²) < 4.78 is 2.13. The number of aromatic nitrogens is 2. The molecule has 0 unspecified atom stereocenters. The Morgan fingerprint density at radius 3 is 2.50 bits per heavy atom. The molecule has 2 rings (SSSR count). The van der Waals surface area contributed by atoms with Crippen LogP contribution in [0.25, 0.3) is 0 Å². The Labute approximate surface area is 116 Å². The van der Waals surface area contributed by atoms with Crippen LogP contribution < -0.4 is 5.32 Å². The molecule has 0 saturated carbocycles. The summed E-state index contributed by atoms with van der Waals surface area (Å²) in [6.45, 7) is 12.1. The maximum absolute atomic E-state index is 4.41. The highest BCUT2D eigenvalue weighted by Gasteiger charge is 2.25. The highest BCUT2D eigenvalue weighted by molar-refractivity contribution is 5.85. The van der Waals surface area contributed by atoms with Gasteiger partial charge < -0.3 is 5.32 Å². The van der Waals surface area contributed by atoms with Crippen molar-refractivity contribution in [1.82, 2.24) is 20.0 Å². The molecule has 2 atom stereocenters. The van der Waals surface area contributed by atoms with Crippen LogP contribution in [-0.4, -0.2) is 39.9 Å². The zero-order valence-electron chi connectivity index (χ0n) is 11.8. The van der Waals surface area contributed by atoms with Gasteiger partial charge in [0.1, 0.15) is 0 Å². The van der Waals surface area contributed by atoms with Gasteiger partial charge in [0.05, 0.1) is 5.69 Å². The molecule has 1 aromatic rings. The first kappa shape index (κ1) is 15.5. The molecule has 0 aliphatic carbocycles. The van der Waals surface area contributed by atoms with Gasteiger partial charge in [-0.1, -0.05) is 0 Å². The van der Waals surface area contributed by atoms with Crippen LogP contribution in [0.4, 0.5) is 0 Å². The van der Waals surface area contributed by atoms with E-state index in [1.165, 1.54) is 5.69 Å². The fraction of sp³-hybridized carbons (Fsp3) is 0.769. The van der Waals surface area contributed by atoms with Gasteiger partial charge in [0.25, 0.3) is 0 Å². The molecule has 104 valence electrons. The van der Waals surface area contributed by atoms with Crippen LogP contribution >= 0.6 is 12.4 Å². The van der Waals surface area contributed by atoms with Crippen LogP contribution in [0.5, 0.6) is 0 Å². The zero-order valence-corrected chi connectivity index (χ0v) is 12.6. The van der Waals surface area contributed by atoms with E-state index in [4.69, 9.17) is 0 Å². The Kier molecular flexibility index (Phi) is 5.63. The van der Waals surface area contributed by atoms with Crippen molar-refractivity contribution in [3.05, 3.63) is 18.0 Å². The van der Waals surface area contributed by atoms with E-state index in [0.29, 0.717) is 18.1 Å². The van der Waals surface area contributed by atoms with Crippen molar-refractivity contribution < 1.29 is 0 Å². The molecule has 0 radical (unpaired) electrons. The van der Waals surface area contributed by atoms with E-state index >= 15 is 0 Å². The smallest absolute Gasteiger partial charge is 0.0527 e. The molecule has 1 aliphatic rings. The molecule has 2 heterocycles. The van der Waals surface area contributed by atoms with Crippen molar-refractivity contribution in [2.24, 2.45) is 0 Å². The van der Waals surface area contributed by atoms with E-state index in [-0.39, 0.29) is 12.4 Å². The highest BCUT2D eigenvalue weighted by Crippen LogP contribution is 2.16. The van der Waals surface area contributed by atoms with Gasteiger partial charge in [0, 0.05) is 44.0 Å². The van der Waals surface area contributed by atoms with Gasteiger partial charge in [0.15, 0.2) is 0 Å². The normalized spacial score (nSPS) is 25.2. The summed E-state index contributed by atoms with van der Waals surface area (Å²) in [6.07, 6.45) is 1.91. The molecule has 18 heavy (non-hydrogen) atoms. The minimum atomic E-state index is 0. The predicted molar refractivity (Wildman–Crippen MR) is 77.2 cm³/mol. The van der Waals surface area contributed by atoms with Gasteiger partial charge >= 0.3 is 0 Å². The van der Waals surface area contributed by atoms with E-state index < -0.39 is 0 Å². The summed E-state index contributed by atoms with van der Waals surface area (Å²) in [5, 5.41) is 7.87. The first-order chi connectivity index (χ1) is 8.09. The molecule has 1 aromatic heterocycles. The summed E-state index contributed by atoms with van der Waals surface area (Å²) in [5.74, 6) is 0. The second-order valence-electron chi connectivity index (χ2n) is 5.39. The number of piperazine rings is 1. The lowest BCUT2D eigenvalue weighted by molar-refractivity contribution is 0.105. The van der Waals surface area contributed by atoms with Gasteiger partial charge in [-0.15, -0.1) is 12.4 Å². The highest BCUT2D eigenvalue weighted by atomic mass is 35.5. The molecule has 0 amide bonds. The quantitative estimate of drug-likeness (QED) is 0.915. The van der Waals surface area contributed by atoms with Crippen LogP contribution in [0.3, 0.4) is 0 Å². The van der Waals surface area contributed by atoms with Crippen LogP contribution in [0.1, 0.15) is 39.4 Å². The Morgan fingerprint density at radius 1 is 1.33 bits per heavy atom. The van der Waals surface area contributed by atoms with E-state index in [0.717, 1.165) is 19.6 Å². The lowest BCUT2D eigenvalue weighted by atomic mass is 10.1. The van der Waals surface area contributed by atoms with Crippen molar-refractivity contribution in [1.29, 1.82) is 0 Å². The average molecular weight is 273 g/mol. The van der Waals surface area contributed by atoms with Crippen LogP contribution in [0.2, 0.25) is 0 Å². The van der Waals surface area contributed by atoms with Crippen molar-refractivity contribution >= 4 is 12.4 Å². The summed E-state index contributed by atoms with van der Waals surface area (Å²) in [6, 6.07) is 3.76. The third kappa shape index (κ3) is 3.25. The number of nitrogens with one attached hydrogen (secondary N) is 1. The van der Waals surface area contributed by atoms with Crippen LogP contribution in [0, 0.1) is 0 Å². The number of halogens is 1.